The number of aryl methyl sites for hydroxylation is 1. The van der Waals surface area contributed by atoms with Crippen molar-refractivity contribution >= 4 is 34.8 Å². The van der Waals surface area contributed by atoms with Crippen LogP contribution in [0, 0.1) is 5.41 Å². The SMILES string of the molecule is N=C(N)c1ccc(N2CC(=Nc3ccccc3)C(c3ccc(CCC(=O)O)cc3)C2=O)cc1. The molecule has 0 saturated carbocycles. The monoisotopic (exact) mass is 440 g/mol. The van der Waals surface area contributed by atoms with Crippen LogP contribution in [0.15, 0.2) is 83.9 Å². The fourth-order valence-corrected chi connectivity index (χ4v) is 3.90. The summed E-state index contributed by atoms with van der Waals surface area (Å²) in [7, 11) is 0. The van der Waals surface area contributed by atoms with Gasteiger partial charge in [0.1, 0.15) is 11.8 Å². The van der Waals surface area contributed by atoms with Crippen molar-refractivity contribution in [2.75, 3.05) is 11.4 Å². The molecule has 0 aliphatic carbocycles. The number of nitrogen functional groups attached to an aromatic ring is 1. The average Bonchev–Trinajstić information content (AvgIpc) is 3.14. The first-order valence-corrected chi connectivity index (χ1v) is 10.6. The number of para-hydroxylation sites is 1. The first-order valence-electron chi connectivity index (χ1n) is 10.6. The van der Waals surface area contributed by atoms with Crippen LogP contribution < -0.4 is 10.6 Å². The molecule has 3 aromatic carbocycles. The predicted molar refractivity (Wildman–Crippen MR) is 128 cm³/mol. The van der Waals surface area contributed by atoms with Crippen molar-refractivity contribution in [3.8, 4) is 0 Å². The van der Waals surface area contributed by atoms with Gasteiger partial charge in [0.2, 0.25) is 5.91 Å². The fourth-order valence-electron chi connectivity index (χ4n) is 3.90. The molecule has 1 fully saturated rings. The Morgan fingerprint density at radius 2 is 1.70 bits per heavy atom. The summed E-state index contributed by atoms with van der Waals surface area (Å²) in [5.74, 6) is -1.49. The molecule has 1 aliphatic heterocycles. The maximum Gasteiger partial charge on any atom is 0.303 e. The number of nitrogens with zero attached hydrogens (tertiary/aromatic N) is 2. The van der Waals surface area contributed by atoms with Crippen molar-refractivity contribution in [3.05, 3.63) is 95.6 Å². The van der Waals surface area contributed by atoms with Gasteiger partial charge in [-0.25, -0.2) is 0 Å². The molecule has 1 atom stereocenters. The number of nitrogens with two attached hydrogens (primary N) is 1. The lowest BCUT2D eigenvalue weighted by molar-refractivity contribution is -0.137. The van der Waals surface area contributed by atoms with Gasteiger partial charge >= 0.3 is 5.97 Å². The van der Waals surface area contributed by atoms with E-state index in [2.05, 4.69) is 0 Å². The number of benzene rings is 3. The number of carboxylic acid groups (broad SMARTS) is 1. The number of carbonyl (C=O) groups excluding carboxylic acids is 1. The number of amidine groups is 1. The van der Waals surface area contributed by atoms with Gasteiger partial charge in [-0.05, 0) is 53.9 Å². The van der Waals surface area contributed by atoms with Crippen LogP contribution in [0.2, 0.25) is 0 Å². The third-order valence-electron chi connectivity index (χ3n) is 5.63. The summed E-state index contributed by atoms with van der Waals surface area (Å²) in [6.07, 6.45) is 0.500. The highest BCUT2D eigenvalue weighted by Gasteiger charge is 2.39. The molecular weight excluding hydrogens is 416 g/mol. The Bertz CT molecular complexity index is 1200. The number of aliphatic imine (C=N–C) groups is 1. The van der Waals surface area contributed by atoms with Crippen molar-refractivity contribution in [2.45, 2.75) is 18.8 Å². The van der Waals surface area contributed by atoms with Crippen LogP contribution in [-0.2, 0) is 16.0 Å². The van der Waals surface area contributed by atoms with E-state index in [4.69, 9.17) is 21.2 Å². The molecule has 0 aromatic heterocycles. The first-order chi connectivity index (χ1) is 15.9. The summed E-state index contributed by atoms with van der Waals surface area (Å²) in [5.41, 5.74) is 10.1. The molecule has 1 saturated heterocycles. The number of hydrogen-bond donors (Lipinski definition) is 3. The van der Waals surface area contributed by atoms with Gasteiger partial charge < -0.3 is 15.7 Å². The Kier molecular flexibility index (Phi) is 6.31. The second kappa shape index (κ2) is 9.48. The molecule has 4 N–H and O–H groups in total. The molecule has 4 rings (SSSR count). The lowest BCUT2D eigenvalue weighted by Gasteiger charge is -2.16. The highest BCUT2D eigenvalue weighted by Crippen LogP contribution is 2.32. The molecule has 1 unspecified atom stereocenters. The van der Waals surface area contributed by atoms with Crippen LogP contribution >= 0.6 is 0 Å². The Hall–Kier alpha value is -4.26. The van der Waals surface area contributed by atoms with Gasteiger partial charge in [0, 0.05) is 17.7 Å². The van der Waals surface area contributed by atoms with Crippen molar-refractivity contribution in [1.29, 1.82) is 5.41 Å². The summed E-state index contributed by atoms with van der Waals surface area (Å²) in [6, 6.07) is 24.0. The van der Waals surface area contributed by atoms with Gasteiger partial charge in [-0.1, -0.05) is 42.5 Å². The quantitative estimate of drug-likeness (QED) is 0.381. The summed E-state index contributed by atoms with van der Waals surface area (Å²) in [4.78, 5) is 30.9. The second-order valence-electron chi connectivity index (χ2n) is 7.89. The molecule has 33 heavy (non-hydrogen) atoms. The molecular formula is C26H24N4O3. The second-order valence-corrected chi connectivity index (χ2v) is 7.89. The van der Waals surface area contributed by atoms with Crippen molar-refractivity contribution in [3.63, 3.8) is 0 Å². The first kappa shape index (κ1) is 22.0. The Labute approximate surface area is 191 Å². The van der Waals surface area contributed by atoms with Crippen LogP contribution in [0.3, 0.4) is 0 Å². The zero-order valence-electron chi connectivity index (χ0n) is 17.9. The maximum atomic E-state index is 13.5. The van der Waals surface area contributed by atoms with E-state index >= 15 is 0 Å². The lowest BCUT2D eigenvalue weighted by atomic mass is 9.94. The number of rotatable bonds is 7. The highest BCUT2D eigenvalue weighted by molar-refractivity contribution is 6.23. The normalized spacial score (nSPS) is 16.8. The molecule has 0 bridgehead atoms. The fraction of sp³-hybridized carbons (Fsp3) is 0.154. The van der Waals surface area contributed by atoms with Crippen LogP contribution in [0.5, 0.6) is 0 Å². The summed E-state index contributed by atoms with van der Waals surface area (Å²) < 4.78 is 0. The summed E-state index contributed by atoms with van der Waals surface area (Å²) >= 11 is 0. The smallest absolute Gasteiger partial charge is 0.303 e. The van der Waals surface area contributed by atoms with Crippen LogP contribution in [0.1, 0.15) is 29.0 Å². The van der Waals surface area contributed by atoms with E-state index in [0.29, 0.717) is 24.2 Å². The molecule has 3 aromatic rings. The number of nitrogens with one attached hydrogen (secondary N) is 1. The Morgan fingerprint density at radius 1 is 1.03 bits per heavy atom. The molecule has 7 heteroatoms. The van der Waals surface area contributed by atoms with Crippen molar-refractivity contribution in [1.82, 2.24) is 0 Å². The van der Waals surface area contributed by atoms with Crippen molar-refractivity contribution < 1.29 is 14.7 Å². The number of hydrogen-bond acceptors (Lipinski definition) is 4. The van der Waals surface area contributed by atoms with E-state index in [1.165, 1.54) is 0 Å². The Balaban J connectivity index is 1.67. The maximum absolute atomic E-state index is 13.5. The van der Waals surface area contributed by atoms with Crippen LogP contribution in [0.25, 0.3) is 0 Å². The van der Waals surface area contributed by atoms with E-state index in [9.17, 15) is 9.59 Å². The highest BCUT2D eigenvalue weighted by atomic mass is 16.4. The van der Waals surface area contributed by atoms with E-state index in [1.807, 2.05) is 54.6 Å². The third kappa shape index (κ3) is 4.98. The predicted octanol–water partition coefficient (Wildman–Crippen LogP) is 3.89. The number of anilines is 1. The van der Waals surface area contributed by atoms with Gasteiger partial charge in [-0.3, -0.25) is 20.0 Å². The van der Waals surface area contributed by atoms with Gasteiger partial charge in [0.15, 0.2) is 0 Å². The molecule has 7 nitrogen and oxygen atoms in total. The number of carboxylic acids is 1. The molecule has 0 spiro atoms. The largest absolute Gasteiger partial charge is 0.481 e. The van der Waals surface area contributed by atoms with Gasteiger partial charge in [-0.2, -0.15) is 0 Å². The molecule has 0 radical (unpaired) electrons. The Morgan fingerprint density at radius 3 is 2.30 bits per heavy atom. The molecule has 1 amide bonds. The standard InChI is InChI=1S/C26H24N4O3/c27-25(28)19-11-13-21(14-12-19)30-16-22(29-20-4-2-1-3-5-20)24(26(30)33)18-9-6-17(7-10-18)8-15-23(31)32/h1-7,9-14,24H,8,15-16H2,(H3,27,28)(H,31,32). The minimum absolute atomic E-state index is 0.0264. The van der Waals surface area contributed by atoms with Crippen LogP contribution in [-0.4, -0.2) is 35.1 Å². The topological polar surface area (TPSA) is 120 Å². The minimum Gasteiger partial charge on any atom is -0.481 e. The zero-order chi connectivity index (χ0) is 23.4. The molecule has 166 valence electrons. The van der Waals surface area contributed by atoms with E-state index < -0.39 is 11.9 Å². The minimum atomic E-state index is -0.839. The van der Waals surface area contributed by atoms with E-state index in [0.717, 1.165) is 22.5 Å². The number of carbonyl (C=O) groups is 2. The van der Waals surface area contributed by atoms with Gasteiger partial charge in [0.05, 0.1) is 17.9 Å². The summed E-state index contributed by atoms with van der Waals surface area (Å²) in [5, 5.41) is 16.5. The zero-order valence-corrected chi connectivity index (χ0v) is 17.9. The third-order valence-corrected chi connectivity index (χ3v) is 5.63. The van der Waals surface area contributed by atoms with Gasteiger partial charge in [0.25, 0.3) is 0 Å². The van der Waals surface area contributed by atoms with Crippen LogP contribution in [0.4, 0.5) is 11.4 Å². The molecule has 1 aliphatic rings. The van der Waals surface area contributed by atoms with E-state index in [-0.39, 0.29) is 18.2 Å². The van der Waals surface area contributed by atoms with Gasteiger partial charge in [-0.15, -0.1) is 0 Å². The van der Waals surface area contributed by atoms with Crippen molar-refractivity contribution in [2.24, 2.45) is 10.7 Å². The molecule has 1 heterocycles. The summed E-state index contributed by atoms with van der Waals surface area (Å²) in [6.45, 7) is 0.346. The lowest BCUT2D eigenvalue weighted by Crippen LogP contribution is -2.26. The average molecular weight is 441 g/mol. The number of amides is 1. The number of aliphatic carboxylic acids is 1. The van der Waals surface area contributed by atoms with E-state index in [1.54, 1.807) is 29.2 Å².